The molecular weight excluding hydrogens is 314 g/mol. The summed E-state index contributed by atoms with van der Waals surface area (Å²) in [6.07, 6.45) is 3.97. The lowest BCUT2D eigenvalue weighted by atomic mass is 9.90. The Bertz CT molecular complexity index is 488. The second kappa shape index (κ2) is 5.73. The highest BCUT2D eigenvalue weighted by Crippen LogP contribution is 2.22. The summed E-state index contributed by atoms with van der Waals surface area (Å²) in [7, 11) is 0. The van der Waals surface area contributed by atoms with Gasteiger partial charge in [0.1, 0.15) is 6.54 Å². The van der Waals surface area contributed by atoms with Gasteiger partial charge in [-0.1, -0.05) is 6.92 Å². The van der Waals surface area contributed by atoms with E-state index in [0.29, 0.717) is 19.5 Å². The summed E-state index contributed by atoms with van der Waals surface area (Å²) in [6, 6.07) is 0. The van der Waals surface area contributed by atoms with E-state index >= 15 is 0 Å². The molecule has 6 nitrogen and oxygen atoms in total. The minimum atomic E-state index is -0.828. The number of amides is 1. The van der Waals surface area contributed by atoms with Gasteiger partial charge in [-0.3, -0.25) is 14.3 Å². The monoisotopic (exact) mass is 329 g/mol. The first-order chi connectivity index (χ1) is 8.95. The van der Waals surface area contributed by atoms with Crippen molar-refractivity contribution in [3.05, 3.63) is 16.9 Å². The predicted octanol–water partition coefficient (Wildman–Crippen LogP) is 1.21. The first kappa shape index (κ1) is 14.0. The molecule has 1 aliphatic rings. The molecule has 0 aromatic carbocycles. The summed E-state index contributed by atoms with van der Waals surface area (Å²) in [6.45, 7) is 3.02. The molecule has 1 aromatic heterocycles. The number of nitrogens with zero attached hydrogens (tertiary/aromatic N) is 3. The maximum absolute atomic E-state index is 12.1. The van der Waals surface area contributed by atoms with E-state index < -0.39 is 11.9 Å². The summed E-state index contributed by atoms with van der Waals surface area (Å²) in [5.74, 6) is -1.17. The molecule has 2 atom stereocenters. The summed E-state index contributed by atoms with van der Waals surface area (Å²) in [5.41, 5.74) is 0. The van der Waals surface area contributed by atoms with Gasteiger partial charge in [-0.25, -0.2) is 0 Å². The molecular formula is C12H16BrN3O3. The van der Waals surface area contributed by atoms with Gasteiger partial charge in [0.25, 0.3) is 0 Å². The van der Waals surface area contributed by atoms with Crippen LogP contribution < -0.4 is 0 Å². The van der Waals surface area contributed by atoms with E-state index in [2.05, 4.69) is 21.0 Å². The van der Waals surface area contributed by atoms with E-state index in [1.165, 1.54) is 0 Å². The molecule has 7 heteroatoms. The van der Waals surface area contributed by atoms with Crippen LogP contribution in [0.3, 0.4) is 0 Å². The van der Waals surface area contributed by atoms with Gasteiger partial charge in [-0.2, -0.15) is 5.10 Å². The molecule has 0 aliphatic carbocycles. The fourth-order valence-corrected chi connectivity index (χ4v) is 2.73. The zero-order valence-electron chi connectivity index (χ0n) is 10.6. The fourth-order valence-electron chi connectivity index (χ4n) is 2.40. The largest absolute Gasteiger partial charge is 0.481 e. The van der Waals surface area contributed by atoms with Crippen LogP contribution in [0.5, 0.6) is 0 Å². The normalized spacial score (nSPS) is 23.4. The Morgan fingerprint density at radius 1 is 1.53 bits per heavy atom. The molecule has 104 valence electrons. The van der Waals surface area contributed by atoms with Crippen molar-refractivity contribution in [2.24, 2.45) is 11.8 Å². The second-order valence-electron chi connectivity index (χ2n) is 5.03. The molecule has 19 heavy (non-hydrogen) atoms. The second-order valence-corrected chi connectivity index (χ2v) is 5.95. The maximum atomic E-state index is 12.1. The average Bonchev–Trinajstić information content (AvgIpc) is 2.73. The van der Waals surface area contributed by atoms with Crippen molar-refractivity contribution in [1.82, 2.24) is 14.7 Å². The zero-order valence-corrected chi connectivity index (χ0v) is 12.2. The Morgan fingerprint density at radius 2 is 2.26 bits per heavy atom. The van der Waals surface area contributed by atoms with E-state index in [4.69, 9.17) is 5.11 Å². The molecule has 1 saturated heterocycles. The van der Waals surface area contributed by atoms with E-state index in [-0.39, 0.29) is 18.4 Å². The van der Waals surface area contributed by atoms with E-state index in [9.17, 15) is 9.59 Å². The minimum absolute atomic E-state index is 0.0894. The molecule has 1 N–H and O–H groups in total. The number of likely N-dealkylation sites (tertiary alicyclic amines) is 1. The van der Waals surface area contributed by atoms with Crippen LogP contribution >= 0.6 is 15.9 Å². The first-order valence-electron chi connectivity index (χ1n) is 6.14. The third-order valence-electron chi connectivity index (χ3n) is 3.26. The number of carbonyl (C=O) groups is 2. The summed E-state index contributed by atoms with van der Waals surface area (Å²) in [5, 5.41) is 13.1. The topological polar surface area (TPSA) is 75.4 Å². The lowest BCUT2D eigenvalue weighted by Gasteiger charge is -2.34. The molecule has 0 spiro atoms. The molecule has 1 amide bonds. The number of piperidine rings is 1. The molecule has 1 aliphatic heterocycles. The van der Waals surface area contributed by atoms with Crippen LogP contribution in [0.2, 0.25) is 0 Å². The molecule has 1 aromatic rings. The van der Waals surface area contributed by atoms with Crippen molar-refractivity contribution >= 4 is 27.8 Å². The molecule has 0 saturated carbocycles. The van der Waals surface area contributed by atoms with Gasteiger partial charge in [0.2, 0.25) is 5.91 Å². The summed E-state index contributed by atoms with van der Waals surface area (Å²) >= 11 is 3.27. The van der Waals surface area contributed by atoms with Crippen LogP contribution in [-0.2, 0) is 16.1 Å². The van der Waals surface area contributed by atoms with Crippen molar-refractivity contribution in [2.45, 2.75) is 19.9 Å². The number of halogens is 1. The lowest BCUT2D eigenvalue weighted by Crippen LogP contribution is -2.46. The third-order valence-corrected chi connectivity index (χ3v) is 3.67. The van der Waals surface area contributed by atoms with Crippen LogP contribution in [0.15, 0.2) is 16.9 Å². The molecule has 2 rings (SSSR count). The Balaban J connectivity index is 2.00. The highest BCUT2D eigenvalue weighted by atomic mass is 79.9. The highest BCUT2D eigenvalue weighted by molar-refractivity contribution is 9.10. The van der Waals surface area contributed by atoms with Gasteiger partial charge in [-0.15, -0.1) is 0 Å². The number of aliphatic carboxylic acids is 1. The smallest absolute Gasteiger partial charge is 0.308 e. The van der Waals surface area contributed by atoms with Crippen LogP contribution in [-0.4, -0.2) is 44.8 Å². The third kappa shape index (κ3) is 3.56. The number of carboxylic acid groups (broad SMARTS) is 1. The molecule has 0 radical (unpaired) electrons. The SMILES string of the molecule is CC1CC(C(=O)O)CN(C(=O)Cn2cc(Br)cn2)C1. The fraction of sp³-hybridized carbons (Fsp3) is 0.583. The first-order valence-corrected chi connectivity index (χ1v) is 6.93. The Kier molecular flexibility index (Phi) is 4.24. The molecule has 1 fully saturated rings. The van der Waals surface area contributed by atoms with Crippen LogP contribution in [0.4, 0.5) is 0 Å². The van der Waals surface area contributed by atoms with E-state index in [1.54, 1.807) is 22.0 Å². The van der Waals surface area contributed by atoms with Crippen molar-refractivity contribution in [2.75, 3.05) is 13.1 Å². The summed E-state index contributed by atoms with van der Waals surface area (Å²) < 4.78 is 2.36. The van der Waals surface area contributed by atoms with E-state index in [1.807, 2.05) is 6.92 Å². The maximum Gasteiger partial charge on any atom is 0.308 e. The Labute approximate surface area is 119 Å². The molecule has 0 bridgehead atoms. The van der Waals surface area contributed by atoms with Crippen LogP contribution in [0.1, 0.15) is 13.3 Å². The summed E-state index contributed by atoms with van der Waals surface area (Å²) in [4.78, 5) is 24.8. The highest BCUT2D eigenvalue weighted by Gasteiger charge is 2.31. The zero-order chi connectivity index (χ0) is 14.0. The molecule has 2 unspecified atom stereocenters. The number of carboxylic acids is 1. The van der Waals surface area contributed by atoms with E-state index in [0.717, 1.165) is 4.47 Å². The van der Waals surface area contributed by atoms with Crippen molar-refractivity contribution in [3.8, 4) is 0 Å². The van der Waals surface area contributed by atoms with Crippen molar-refractivity contribution in [3.63, 3.8) is 0 Å². The van der Waals surface area contributed by atoms with Crippen LogP contribution in [0, 0.1) is 11.8 Å². The predicted molar refractivity (Wildman–Crippen MR) is 71.4 cm³/mol. The molecule has 2 heterocycles. The standard InChI is InChI=1S/C12H16BrN3O3/c1-8-2-9(12(18)19)5-15(4-8)11(17)7-16-6-10(13)3-14-16/h3,6,8-9H,2,4-5,7H2,1H3,(H,18,19). The van der Waals surface area contributed by atoms with Gasteiger partial charge in [0, 0.05) is 19.3 Å². The number of aromatic nitrogens is 2. The van der Waals surface area contributed by atoms with Crippen molar-refractivity contribution in [1.29, 1.82) is 0 Å². The average molecular weight is 330 g/mol. The van der Waals surface area contributed by atoms with Crippen molar-refractivity contribution < 1.29 is 14.7 Å². The van der Waals surface area contributed by atoms with Gasteiger partial charge in [0.15, 0.2) is 0 Å². The Morgan fingerprint density at radius 3 is 2.84 bits per heavy atom. The number of carbonyl (C=O) groups excluding carboxylic acids is 1. The van der Waals surface area contributed by atoms with Gasteiger partial charge in [0.05, 0.1) is 16.6 Å². The van der Waals surface area contributed by atoms with Gasteiger partial charge >= 0.3 is 5.97 Å². The number of hydrogen-bond acceptors (Lipinski definition) is 3. The lowest BCUT2D eigenvalue weighted by molar-refractivity contribution is -0.147. The quantitative estimate of drug-likeness (QED) is 0.904. The van der Waals surface area contributed by atoms with Gasteiger partial charge < -0.3 is 10.0 Å². The number of rotatable bonds is 3. The van der Waals surface area contributed by atoms with Crippen LogP contribution in [0.25, 0.3) is 0 Å². The minimum Gasteiger partial charge on any atom is -0.481 e. The number of hydrogen-bond donors (Lipinski definition) is 1. The van der Waals surface area contributed by atoms with Gasteiger partial charge in [-0.05, 0) is 28.3 Å². The Hall–Kier alpha value is -1.37.